The Labute approximate surface area is 131 Å². The van der Waals surface area contributed by atoms with E-state index in [4.69, 9.17) is 0 Å². The summed E-state index contributed by atoms with van der Waals surface area (Å²) < 4.78 is 14.8. The van der Waals surface area contributed by atoms with Crippen LogP contribution < -0.4 is 10.7 Å². The van der Waals surface area contributed by atoms with E-state index in [9.17, 15) is 14.0 Å². The summed E-state index contributed by atoms with van der Waals surface area (Å²) in [5, 5.41) is 6.80. The number of rotatable bonds is 3. The summed E-state index contributed by atoms with van der Waals surface area (Å²) in [6.07, 6.45) is 0. The van der Waals surface area contributed by atoms with Gasteiger partial charge in [-0.2, -0.15) is 5.10 Å². The van der Waals surface area contributed by atoms with Crippen LogP contribution in [0.3, 0.4) is 0 Å². The van der Waals surface area contributed by atoms with E-state index in [1.165, 1.54) is 16.8 Å². The fraction of sp³-hybridized carbons (Fsp3) is 0.118. The molecule has 1 aromatic heterocycles. The number of nitrogens with zero attached hydrogens (tertiary/aromatic N) is 2. The standard InChI is InChI=1S/C17H14FN3O2/c1-21-14-8-7-12(18)9-13(14)16(22)15(20-21)17(23)19-10-11-5-3-2-4-6-11/h2-9H,10H2,1H3,(H,19,23). The summed E-state index contributed by atoms with van der Waals surface area (Å²) >= 11 is 0. The highest BCUT2D eigenvalue weighted by molar-refractivity contribution is 5.95. The van der Waals surface area contributed by atoms with Crippen LogP contribution in [0.15, 0.2) is 53.3 Å². The molecule has 0 fully saturated rings. The quantitative estimate of drug-likeness (QED) is 0.804. The van der Waals surface area contributed by atoms with Gasteiger partial charge in [0.25, 0.3) is 5.91 Å². The van der Waals surface area contributed by atoms with Gasteiger partial charge in [-0.15, -0.1) is 0 Å². The van der Waals surface area contributed by atoms with Crippen molar-refractivity contribution in [1.29, 1.82) is 0 Å². The minimum absolute atomic E-state index is 0.132. The number of aromatic nitrogens is 2. The molecule has 1 heterocycles. The summed E-state index contributed by atoms with van der Waals surface area (Å²) in [6.45, 7) is 0.283. The van der Waals surface area contributed by atoms with Crippen molar-refractivity contribution in [2.45, 2.75) is 6.54 Å². The zero-order valence-electron chi connectivity index (χ0n) is 12.4. The van der Waals surface area contributed by atoms with E-state index in [1.54, 1.807) is 7.05 Å². The lowest BCUT2D eigenvalue weighted by atomic mass is 10.2. The second-order valence-electron chi connectivity index (χ2n) is 5.13. The van der Waals surface area contributed by atoms with Crippen LogP contribution in [0.5, 0.6) is 0 Å². The van der Waals surface area contributed by atoms with Crippen molar-refractivity contribution >= 4 is 16.8 Å². The SMILES string of the molecule is Cn1nc(C(=O)NCc2ccccc2)c(=O)c2cc(F)ccc21. The van der Waals surface area contributed by atoms with Gasteiger partial charge in [-0.3, -0.25) is 14.3 Å². The molecule has 3 aromatic rings. The molecule has 3 rings (SSSR count). The first-order chi connectivity index (χ1) is 11.1. The average molecular weight is 311 g/mol. The summed E-state index contributed by atoms with van der Waals surface area (Å²) in [5.74, 6) is -1.11. The topological polar surface area (TPSA) is 64.0 Å². The molecule has 0 radical (unpaired) electrons. The molecule has 0 unspecified atom stereocenters. The van der Waals surface area contributed by atoms with Gasteiger partial charge in [0, 0.05) is 13.6 Å². The van der Waals surface area contributed by atoms with Crippen molar-refractivity contribution in [3.05, 3.63) is 75.8 Å². The molecular formula is C17H14FN3O2. The third-order valence-corrected chi connectivity index (χ3v) is 3.53. The minimum Gasteiger partial charge on any atom is -0.346 e. The molecule has 1 N–H and O–H groups in total. The number of hydrogen-bond donors (Lipinski definition) is 1. The number of amides is 1. The fourth-order valence-corrected chi connectivity index (χ4v) is 2.36. The number of carbonyl (C=O) groups is 1. The number of carbonyl (C=O) groups excluding carboxylic acids is 1. The van der Waals surface area contributed by atoms with Gasteiger partial charge >= 0.3 is 0 Å². The second kappa shape index (κ2) is 6.00. The maximum absolute atomic E-state index is 13.4. The molecule has 0 spiro atoms. The van der Waals surface area contributed by atoms with E-state index in [1.807, 2.05) is 30.3 Å². The zero-order valence-corrected chi connectivity index (χ0v) is 12.4. The maximum Gasteiger partial charge on any atom is 0.276 e. The second-order valence-corrected chi connectivity index (χ2v) is 5.13. The lowest BCUT2D eigenvalue weighted by Crippen LogP contribution is -2.31. The predicted octanol–water partition coefficient (Wildman–Crippen LogP) is 2.00. The number of hydrogen-bond acceptors (Lipinski definition) is 3. The Hall–Kier alpha value is -3.02. The summed E-state index contributed by atoms with van der Waals surface area (Å²) in [5.41, 5.74) is 0.546. The molecule has 0 atom stereocenters. The smallest absolute Gasteiger partial charge is 0.276 e. The number of nitrogens with one attached hydrogen (secondary N) is 1. The number of aryl methyl sites for hydroxylation is 1. The number of benzene rings is 2. The van der Waals surface area contributed by atoms with Crippen LogP contribution in [0.1, 0.15) is 16.1 Å². The summed E-state index contributed by atoms with van der Waals surface area (Å²) in [7, 11) is 1.60. The normalized spacial score (nSPS) is 10.7. The van der Waals surface area contributed by atoms with Crippen LogP contribution in [-0.2, 0) is 13.6 Å². The van der Waals surface area contributed by atoms with Gasteiger partial charge in [-0.05, 0) is 23.8 Å². The van der Waals surface area contributed by atoms with Crippen molar-refractivity contribution < 1.29 is 9.18 Å². The largest absolute Gasteiger partial charge is 0.346 e. The lowest BCUT2D eigenvalue weighted by molar-refractivity contribution is 0.0943. The van der Waals surface area contributed by atoms with Crippen molar-refractivity contribution in [2.24, 2.45) is 7.05 Å². The van der Waals surface area contributed by atoms with Gasteiger partial charge in [-0.1, -0.05) is 30.3 Å². The Kier molecular flexibility index (Phi) is 3.89. The van der Waals surface area contributed by atoms with Crippen molar-refractivity contribution in [3.8, 4) is 0 Å². The molecule has 5 nitrogen and oxygen atoms in total. The van der Waals surface area contributed by atoms with Crippen LogP contribution in [0, 0.1) is 5.82 Å². The van der Waals surface area contributed by atoms with Crippen LogP contribution in [0.25, 0.3) is 10.9 Å². The summed E-state index contributed by atoms with van der Waals surface area (Å²) in [4.78, 5) is 24.6. The monoisotopic (exact) mass is 311 g/mol. The molecule has 0 aliphatic heterocycles. The Bertz CT molecular complexity index is 936. The van der Waals surface area contributed by atoms with E-state index in [-0.39, 0.29) is 17.6 Å². The summed E-state index contributed by atoms with van der Waals surface area (Å²) in [6, 6.07) is 13.1. The maximum atomic E-state index is 13.4. The first kappa shape index (κ1) is 14.9. The average Bonchev–Trinajstić information content (AvgIpc) is 2.56. The van der Waals surface area contributed by atoms with Gasteiger partial charge in [-0.25, -0.2) is 4.39 Å². The molecular weight excluding hydrogens is 297 g/mol. The lowest BCUT2D eigenvalue weighted by Gasteiger charge is -2.08. The molecule has 0 bridgehead atoms. The van der Waals surface area contributed by atoms with E-state index in [0.29, 0.717) is 5.52 Å². The first-order valence-corrected chi connectivity index (χ1v) is 7.05. The van der Waals surface area contributed by atoms with Crippen LogP contribution in [0.2, 0.25) is 0 Å². The van der Waals surface area contributed by atoms with Crippen LogP contribution in [0.4, 0.5) is 4.39 Å². The zero-order chi connectivity index (χ0) is 16.4. The molecule has 2 aromatic carbocycles. The van der Waals surface area contributed by atoms with E-state index in [0.717, 1.165) is 11.6 Å². The molecule has 0 saturated carbocycles. The number of halogens is 1. The van der Waals surface area contributed by atoms with Crippen molar-refractivity contribution in [3.63, 3.8) is 0 Å². The molecule has 116 valence electrons. The third kappa shape index (κ3) is 2.96. The van der Waals surface area contributed by atoms with E-state index in [2.05, 4.69) is 10.4 Å². The minimum atomic E-state index is -0.583. The Morgan fingerprint density at radius 2 is 1.96 bits per heavy atom. The molecule has 0 saturated heterocycles. The highest BCUT2D eigenvalue weighted by Gasteiger charge is 2.16. The Morgan fingerprint density at radius 3 is 2.70 bits per heavy atom. The first-order valence-electron chi connectivity index (χ1n) is 7.05. The van der Waals surface area contributed by atoms with Gasteiger partial charge in [0.05, 0.1) is 10.9 Å². The van der Waals surface area contributed by atoms with Gasteiger partial charge in [0.15, 0.2) is 5.69 Å². The predicted molar refractivity (Wildman–Crippen MR) is 84.6 cm³/mol. The van der Waals surface area contributed by atoms with Gasteiger partial charge in [0.2, 0.25) is 5.43 Å². The molecule has 1 amide bonds. The molecule has 23 heavy (non-hydrogen) atoms. The van der Waals surface area contributed by atoms with Crippen LogP contribution >= 0.6 is 0 Å². The van der Waals surface area contributed by atoms with Crippen LogP contribution in [-0.4, -0.2) is 15.7 Å². The molecule has 6 heteroatoms. The molecule has 0 aliphatic carbocycles. The number of fused-ring (bicyclic) bond motifs is 1. The van der Waals surface area contributed by atoms with Gasteiger partial charge in [0.1, 0.15) is 5.82 Å². The Balaban J connectivity index is 1.94. The highest BCUT2D eigenvalue weighted by Crippen LogP contribution is 2.11. The highest BCUT2D eigenvalue weighted by atomic mass is 19.1. The third-order valence-electron chi connectivity index (χ3n) is 3.53. The Morgan fingerprint density at radius 1 is 1.22 bits per heavy atom. The van der Waals surface area contributed by atoms with Gasteiger partial charge < -0.3 is 5.32 Å². The fourth-order valence-electron chi connectivity index (χ4n) is 2.36. The molecule has 0 aliphatic rings. The van der Waals surface area contributed by atoms with E-state index >= 15 is 0 Å². The van der Waals surface area contributed by atoms with Crippen molar-refractivity contribution in [1.82, 2.24) is 15.1 Å². The van der Waals surface area contributed by atoms with E-state index < -0.39 is 17.2 Å². The van der Waals surface area contributed by atoms with Crippen molar-refractivity contribution in [2.75, 3.05) is 0 Å².